The number of aryl methyl sites for hydroxylation is 1. The van der Waals surface area contributed by atoms with Crippen molar-refractivity contribution in [3.05, 3.63) is 10.8 Å². The second kappa shape index (κ2) is 2.68. The Labute approximate surface area is 56.9 Å². The normalized spacial score (nSPS) is 9.44. The molecule has 0 aliphatic carbocycles. The molecule has 0 spiro atoms. The van der Waals surface area contributed by atoms with Crippen molar-refractivity contribution in [1.82, 2.24) is 9.36 Å². The predicted molar refractivity (Wildman–Crippen MR) is 34.4 cm³/mol. The van der Waals surface area contributed by atoms with E-state index in [0.717, 1.165) is 17.1 Å². The van der Waals surface area contributed by atoms with Crippen LogP contribution in [0.3, 0.4) is 0 Å². The SMILES string of the molecule is Cc1nsc(CC=O)n1. The molecule has 1 aromatic heterocycles. The Kier molecular flexibility index (Phi) is 1.89. The van der Waals surface area contributed by atoms with Crippen LogP contribution >= 0.6 is 11.5 Å². The van der Waals surface area contributed by atoms with Gasteiger partial charge in [0.25, 0.3) is 0 Å². The summed E-state index contributed by atoms with van der Waals surface area (Å²) in [6, 6.07) is 0. The van der Waals surface area contributed by atoms with Gasteiger partial charge in [-0.25, -0.2) is 4.98 Å². The maximum atomic E-state index is 9.92. The zero-order valence-corrected chi connectivity index (χ0v) is 5.81. The minimum absolute atomic E-state index is 0.394. The summed E-state index contributed by atoms with van der Waals surface area (Å²) in [6.07, 6.45) is 1.23. The van der Waals surface area contributed by atoms with Crippen LogP contribution in [-0.4, -0.2) is 15.6 Å². The summed E-state index contributed by atoms with van der Waals surface area (Å²) in [5.74, 6) is 0.747. The molecule has 3 nitrogen and oxygen atoms in total. The summed E-state index contributed by atoms with van der Waals surface area (Å²) in [6.45, 7) is 1.81. The Hall–Kier alpha value is -0.770. The Bertz CT molecular complexity index is 208. The number of aromatic nitrogens is 2. The first-order valence-corrected chi connectivity index (χ1v) is 3.33. The summed E-state index contributed by atoms with van der Waals surface area (Å²) in [5.41, 5.74) is 0. The van der Waals surface area contributed by atoms with E-state index in [2.05, 4.69) is 9.36 Å². The van der Waals surface area contributed by atoms with E-state index in [1.165, 1.54) is 11.5 Å². The second-order valence-corrected chi connectivity index (χ2v) is 2.44. The smallest absolute Gasteiger partial charge is 0.139 e. The molecule has 0 atom stereocenters. The first-order valence-electron chi connectivity index (χ1n) is 2.56. The highest BCUT2D eigenvalue weighted by molar-refractivity contribution is 7.05. The van der Waals surface area contributed by atoms with Crippen molar-refractivity contribution in [2.75, 3.05) is 0 Å². The number of carbonyl (C=O) groups excluding carboxylic acids is 1. The predicted octanol–water partition coefficient (Wildman–Crippen LogP) is 0.588. The molecule has 0 amide bonds. The third kappa shape index (κ3) is 1.57. The van der Waals surface area contributed by atoms with E-state index in [-0.39, 0.29) is 0 Å². The average molecular weight is 142 g/mol. The molecule has 0 aliphatic heterocycles. The molecule has 0 saturated heterocycles. The maximum absolute atomic E-state index is 9.92. The number of carbonyl (C=O) groups is 1. The fourth-order valence-electron chi connectivity index (χ4n) is 0.494. The van der Waals surface area contributed by atoms with Gasteiger partial charge in [-0.2, -0.15) is 4.37 Å². The summed E-state index contributed by atoms with van der Waals surface area (Å²) in [7, 11) is 0. The van der Waals surface area contributed by atoms with Crippen molar-refractivity contribution < 1.29 is 4.79 Å². The summed E-state index contributed by atoms with van der Waals surface area (Å²) in [5, 5.41) is 0.794. The standard InChI is InChI=1S/C5H6N2OS/c1-4-6-5(2-3-8)9-7-4/h3H,2H2,1H3. The van der Waals surface area contributed by atoms with Crippen LogP contribution in [-0.2, 0) is 11.2 Å². The lowest BCUT2D eigenvalue weighted by atomic mass is 10.5. The van der Waals surface area contributed by atoms with Gasteiger partial charge in [0, 0.05) is 0 Å². The van der Waals surface area contributed by atoms with Crippen LogP contribution in [0.4, 0.5) is 0 Å². The lowest BCUT2D eigenvalue weighted by Crippen LogP contribution is -1.82. The molecule has 1 rings (SSSR count). The van der Waals surface area contributed by atoms with E-state index in [1.807, 2.05) is 6.92 Å². The van der Waals surface area contributed by atoms with Crippen LogP contribution in [0.5, 0.6) is 0 Å². The van der Waals surface area contributed by atoms with Crippen molar-refractivity contribution in [3.8, 4) is 0 Å². The molecule has 1 aromatic rings. The first-order chi connectivity index (χ1) is 4.33. The molecule has 9 heavy (non-hydrogen) atoms. The number of hydrogen-bond acceptors (Lipinski definition) is 4. The molecule has 1 heterocycles. The third-order valence-electron chi connectivity index (χ3n) is 0.828. The minimum Gasteiger partial charge on any atom is -0.303 e. The van der Waals surface area contributed by atoms with Crippen molar-refractivity contribution >= 4 is 17.8 Å². The van der Waals surface area contributed by atoms with Crippen molar-refractivity contribution in [3.63, 3.8) is 0 Å². The molecule has 0 N–H and O–H groups in total. The lowest BCUT2D eigenvalue weighted by molar-refractivity contribution is -0.107. The fraction of sp³-hybridized carbons (Fsp3) is 0.400. The van der Waals surface area contributed by atoms with Crippen molar-refractivity contribution in [2.24, 2.45) is 0 Å². The largest absolute Gasteiger partial charge is 0.303 e. The highest BCUT2D eigenvalue weighted by atomic mass is 32.1. The zero-order chi connectivity index (χ0) is 6.69. The Morgan fingerprint density at radius 2 is 2.56 bits per heavy atom. The molecule has 0 aromatic carbocycles. The van der Waals surface area contributed by atoms with E-state index < -0.39 is 0 Å². The lowest BCUT2D eigenvalue weighted by Gasteiger charge is -1.76. The number of nitrogens with zero attached hydrogens (tertiary/aromatic N) is 2. The van der Waals surface area contributed by atoms with Crippen molar-refractivity contribution in [1.29, 1.82) is 0 Å². The van der Waals surface area contributed by atoms with Gasteiger partial charge in [-0.3, -0.25) is 0 Å². The molecular weight excluding hydrogens is 136 g/mol. The number of rotatable bonds is 2. The van der Waals surface area contributed by atoms with Gasteiger partial charge in [0.05, 0.1) is 6.42 Å². The van der Waals surface area contributed by atoms with Crippen molar-refractivity contribution in [2.45, 2.75) is 13.3 Å². The van der Waals surface area contributed by atoms with Gasteiger partial charge >= 0.3 is 0 Å². The molecule has 4 heteroatoms. The summed E-state index contributed by atoms with van der Waals surface area (Å²) < 4.78 is 3.91. The molecule has 0 saturated carbocycles. The Balaban J connectivity index is 2.72. The highest BCUT2D eigenvalue weighted by Crippen LogP contribution is 2.01. The fourth-order valence-corrected chi connectivity index (χ4v) is 1.09. The molecule has 0 radical (unpaired) electrons. The molecule has 0 unspecified atom stereocenters. The minimum atomic E-state index is 0.394. The van der Waals surface area contributed by atoms with Gasteiger partial charge in [-0.05, 0) is 18.5 Å². The summed E-state index contributed by atoms with van der Waals surface area (Å²) >= 11 is 1.28. The van der Waals surface area contributed by atoms with Crippen LogP contribution in [0.1, 0.15) is 10.8 Å². The number of hydrogen-bond donors (Lipinski definition) is 0. The monoisotopic (exact) mass is 142 g/mol. The third-order valence-corrected chi connectivity index (χ3v) is 1.65. The van der Waals surface area contributed by atoms with Crippen LogP contribution in [0, 0.1) is 6.92 Å². The Morgan fingerprint density at radius 3 is 3.00 bits per heavy atom. The second-order valence-electron chi connectivity index (χ2n) is 1.61. The summed E-state index contributed by atoms with van der Waals surface area (Å²) in [4.78, 5) is 13.9. The van der Waals surface area contributed by atoms with Crippen LogP contribution < -0.4 is 0 Å². The van der Waals surface area contributed by atoms with E-state index >= 15 is 0 Å². The molecule has 48 valence electrons. The van der Waals surface area contributed by atoms with E-state index in [0.29, 0.717) is 6.42 Å². The highest BCUT2D eigenvalue weighted by Gasteiger charge is 1.96. The molecule has 0 aliphatic rings. The van der Waals surface area contributed by atoms with E-state index in [9.17, 15) is 4.79 Å². The first kappa shape index (κ1) is 6.35. The molecule has 0 bridgehead atoms. The van der Waals surface area contributed by atoms with Gasteiger partial charge in [0.1, 0.15) is 17.1 Å². The van der Waals surface area contributed by atoms with Gasteiger partial charge < -0.3 is 4.79 Å². The maximum Gasteiger partial charge on any atom is 0.139 e. The zero-order valence-electron chi connectivity index (χ0n) is 5.00. The topological polar surface area (TPSA) is 42.9 Å². The molecular formula is C5H6N2OS. The number of aldehydes is 1. The van der Waals surface area contributed by atoms with E-state index in [4.69, 9.17) is 0 Å². The quantitative estimate of drug-likeness (QED) is 0.567. The van der Waals surface area contributed by atoms with Crippen LogP contribution in [0.15, 0.2) is 0 Å². The van der Waals surface area contributed by atoms with Gasteiger partial charge in [0.15, 0.2) is 0 Å². The van der Waals surface area contributed by atoms with Gasteiger partial charge in [-0.1, -0.05) is 0 Å². The van der Waals surface area contributed by atoms with Crippen LogP contribution in [0.2, 0.25) is 0 Å². The average Bonchev–Trinajstić information content (AvgIpc) is 2.17. The van der Waals surface area contributed by atoms with Gasteiger partial charge in [-0.15, -0.1) is 0 Å². The van der Waals surface area contributed by atoms with E-state index in [1.54, 1.807) is 0 Å². The molecule has 0 fully saturated rings. The van der Waals surface area contributed by atoms with Crippen LogP contribution in [0.25, 0.3) is 0 Å². The Morgan fingerprint density at radius 1 is 1.78 bits per heavy atom. The van der Waals surface area contributed by atoms with Gasteiger partial charge in [0.2, 0.25) is 0 Å².